The lowest BCUT2D eigenvalue weighted by Crippen LogP contribution is -2.54. The number of rotatable bonds is 12. The third-order valence-electron chi connectivity index (χ3n) is 21.6. The van der Waals surface area contributed by atoms with Gasteiger partial charge in [0.1, 0.15) is 45.0 Å². The highest BCUT2D eigenvalue weighted by atomic mass is 19.2. The Bertz CT molecular complexity index is 4820. The molecule has 8 atom stereocenters. The lowest BCUT2D eigenvalue weighted by molar-refractivity contribution is 0.0684. The molecule has 16 rings (SSSR count). The van der Waals surface area contributed by atoms with Crippen LogP contribution in [0.25, 0.3) is 43.6 Å². The second kappa shape index (κ2) is 30.1. The number of nitrogens with two attached hydrogens (primary N) is 4. The van der Waals surface area contributed by atoms with Gasteiger partial charge in [-0.1, -0.05) is 0 Å². The molecule has 8 aromatic rings. The molecule has 112 heavy (non-hydrogen) atoms. The predicted octanol–water partition coefficient (Wildman–Crippen LogP) is 8.33. The van der Waals surface area contributed by atoms with Gasteiger partial charge in [0.05, 0.1) is 66.4 Å². The van der Waals surface area contributed by atoms with Gasteiger partial charge in [0.2, 0.25) is 21.7 Å². The van der Waals surface area contributed by atoms with Gasteiger partial charge in [0.25, 0.3) is 0 Å². The number of piperazine rings is 4. The molecule has 4 aliphatic heterocycles. The fraction of sp³-hybridized carbons (Fsp3) is 0.474. The van der Waals surface area contributed by atoms with Crippen molar-refractivity contribution in [1.82, 2.24) is 39.5 Å². The molecule has 600 valence electrons. The standard InChI is InChI=1S/4C19H22F2N4O3/c4*1-8-5-24(6-9(2)23-8)17-13(20)15(22)12-16(14(17)21)25(10-3-4-10)7-11(18(12)26)19(27)28/h4*7-10,23H,3-6,22H2,1-2H3,(H,27,28)/t4*8-,9+. The molecule has 4 aromatic heterocycles. The Morgan fingerprint density at radius 1 is 0.304 bits per heavy atom. The van der Waals surface area contributed by atoms with Gasteiger partial charge >= 0.3 is 23.9 Å². The van der Waals surface area contributed by atoms with Gasteiger partial charge in [0.15, 0.2) is 46.5 Å². The summed E-state index contributed by atoms with van der Waals surface area (Å²) >= 11 is 0. The minimum atomic E-state index is -1.45. The lowest BCUT2D eigenvalue weighted by Gasteiger charge is -2.38. The maximum Gasteiger partial charge on any atom is 0.341 e. The van der Waals surface area contributed by atoms with E-state index in [1.54, 1.807) is 19.6 Å². The number of aromatic carboxylic acids is 4. The minimum absolute atomic E-state index is 0.0134. The molecular weight excluding hydrogens is 1480 g/mol. The zero-order valence-corrected chi connectivity index (χ0v) is 62.5. The SMILES string of the molecule is C[C@@H]1CN(c2c(F)c(N)c3c(=O)c(C(=O)O)cn(C4CC4)c3c2F)C[C@H](C)N1.C[C@@H]1CN(c2c(F)c(N)c3c(=O)c(C(=O)O)cn(C4CC4)c3c2F)C[C@H](C)N1.C[C@@H]1CN(c2c(F)c(N)c3c(=O)c(C(=O)O)cn(C4CC4)c3c2F)C[C@H](C)N1.C[C@@H]1CN(c2c(F)c(N)c3c(=O)c(C(=O)O)cn(C4CC4)c3c2F)C[C@H](C)N1. The number of hydrogen-bond donors (Lipinski definition) is 12. The topological polar surface area (TPSA) is 402 Å². The van der Waals surface area contributed by atoms with Crippen LogP contribution in [0.3, 0.4) is 0 Å². The molecule has 0 bridgehead atoms. The molecule has 8 heterocycles. The summed E-state index contributed by atoms with van der Waals surface area (Å²) in [5, 5.41) is 49.0. The first-order valence-corrected chi connectivity index (χ1v) is 37.2. The first-order valence-electron chi connectivity index (χ1n) is 37.2. The van der Waals surface area contributed by atoms with E-state index in [2.05, 4.69) is 21.3 Å². The number of aromatic nitrogens is 4. The monoisotopic (exact) mass is 1570 g/mol. The van der Waals surface area contributed by atoms with Crippen molar-refractivity contribution in [2.24, 2.45) is 0 Å². The normalized spacial score (nSPS) is 22.6. The zero-order chi connectivity index (χ0) is 81.3. The number of pyridine rings is 4. The van der Waals surface area contributed by atoms with Crippen LogP contribution in [-0.2, 0) is 0 Å². The van der Waals surface area contributed by atoms with E-state index < -0.39 is 159 Å². The Hall–Kier alpha value is -10.7. The van der Waals surface area contributed by atoms with Crippen LogP contribution in [0.4, 0.5) is 80.6 Å². The Balaban J connectivity index is 0.000000131. The minimum Gasteiger partial charge on any atom is -0.477 e. The molecule has 8 aliphatic rings. The number of hydrogen-bond acceptors (Lipinski definition) is 20. The van der Waals surface area contributed by atoms with Gasteiger partial charge in [-0.05, 0) is 107 Å². The average Bonchev–Trinajstić information content (AvgIpc) is 1.01. The third-order valence-corrected chi connectivity index (χ3v) is 21.6. The van der Waals surface area contributed by atoms with Crippen molar-refractivity contribution in [2.75, 3.05) is 94.9 Å². The lowest BCUT2D eigenvalue weighted by atomic mass is 10.0. The Morgan fingerprint density at radius 2 is 0.455 bits per heavy atom. The molecule has 4 aromatic carbocycles. The second-order valence-electron chi connectivity index (χ2n) is 31.2. The van der Waals surface area contributed by atoms with E-state index in [1.165, 1.54) is 18.3 Å². The number of carboxylic acids is 4. The van der Waals surface area contributed by atoms with Gasteiger partial charge in [-0.15, -0.1) is 0 Å². The van der Waals surface area contributed by atoms with E-state index in [1.807, 2.05) is 55.4 Å². The first-order chi connectivity index (χ1) is 52.8. The Labute approximate surface area is 633 Å². The Kier molecular flexibility index (Phi) is 21.3. The molecule has 4 saturated carbocycles. The van der Waals surface area contributed by atoms with E-state index in [0.717, 1.165) is 76.2 Å². The first kappa shape index (κ1) is 79.4. The summed E-state index contributed by atoms with van der Waals surface area (Å²) in [4.78, 5) is 103. The molecule has 0 unspecified atom stereocenters. The largest absolute Gasteiger partial charge is 0.477 e. The van der Waals surface area contributed by atoms with Crippen LogP contribution in [0.2, 0.25) is 0 Å². The van der Waals surface area contributed by atoms with E-state index in [-0.39, 0.29) is 117 Å². The van der Waals surface area contributed by atoms with Crippen LogP contribution >= 0.6 is 0 Å². The number of nitrogen functional groups attached to an aromatic ring is 4. The number of halogens is 8. The molecule has 28 nitrogen and oxygen atoms in total. The van der Waals surface area contributed by atoms with Crippen molar-refractivity contribution in [1.29, 1.82) is 0 Å². The van der Waals surface area contributed by atoms with Gasteiger partial charge < -0.3 is 102 Å². The highest BCUT2D eigenvalue weighted by Gasteiger charge is 2.41. The van der Waals surface area contributed by atoms with E-state index in [0.29, 0.717) is 52.4 Å². The van der Waals surface area contributed by atoms with Crippen LogP contribution in [0.5, 0.6) is 0 Å². The smallest absolute Gasteiger partial charge is 0.341 e. The van der Waals surface area contributed by atoms with Crippen LogP contribution < -0.4 is 85.5 Å². The molecule has 0 amide bonds. The molecule has 0 radical (unpaired) electrons. The van der Waals surface area contributed by atoms with Crippen molar-refractivity contribution >= 4 is 113 Å². The van der Waals surface area contributed by atoms with E-state index >= 15 is 35.1 Å². The summed E-state index contributed by atoms with van der Waals surface area (Å²) in [5.41, 5.74) is 14.1. The summed E-state index contributed by atoms with van der Waals surface area (Å²) < 4.78 is 129. The van der Waals surface area contributed by atoms with Gasteiger partial charge in [-0.25, -0.2) is 54.3 Å². The molecule has 16 N–H and O–H groups in total. The molecule has 4 saturated heterocycles. The predicted molar refractivity (Wildman–Crippen MR) is 408 cm³/mol. The maximum atomic E-state index is 15.6. The van der Waals surface area contributed by atoms with Crippen molar-refractivity contribution in [3.63, 3.8) is 0 Å². The zero-order valence-electron chi connectivity index (χ0n) is 62.5. The number of carboxylic acid groups (broad SMARTS) is 4. The summed E-state index contributed by atoms with van der Waals surface area (Å²) in [6.45, 7) is 18.4. The summed E-state index contributed by atoms with van der Waals surface area (Å²) in [7, 11) is 0. The number of benzene rings is 4. The molecule has 4 aliphatic carbocycles. The van der Waals surface area contributed by atoms with Crippen molar-refractivity contribution in [3.8, 4) is 0 Å². The van der Waals surface area contributed by atoms with Gasteiger partial charge in [-0.2, -0.15) is 0 Å². The van der Waals surface area contributed by atoms with Crippen LogP contribution in [-0.4, -0.2) is 163 Å². The van der Waals surface area contributed by atoms with Crippen LogP contribution in [0.1, 0.15) is 172 Å². The molecule has 36 heteroatoms. The van der Waals surface area contributed by atoms with E-state index in [9.17, 15) is 58.8 Å². The van der Waals surface area contributed by atoms with Crippen LogP contribution in [0, 0.1) is 46.5 Å². The number of carbonyl (C=O) groups is 4. The molecule has 0 spiro atoms. The van der Waals surface area contributed by atoms with Crippen molar-refractivity contribution in [2.45, 2.75) is 179 Å². The Morgan fingerprint density at radius 3 is 0.589 bits per heavy atom. The maximum absolute atomic E-state index is 15.6. The number of nitrogens with one attached hydrogen (secondary N) is 4. The van der Waals surface area contributed by atoms with Crippen LogP contribution in [0.15, 0.2) is 44.0 Å². The molecular formula is C76H88F8N16O12. The fourth-order valence-electron chi connectivity index (χ4n) is 16.5. The molecule has 8 fully saturated rings. The number of anilines is 8. The fourth-order valence-corrected chi connectivity index (χ4v) is 16.5. The summed E-state index contributed by atoms with van der Waals surface area (Å²) in [6.07, 6.45) is 10.4. The van der Waals surface area contributed by atoms with E-state index in [4.69, 9.17) is 22.9 Å². The second-order valence-corrected chi connectivity index (χ2v) is 31.2. The number of nitrogens with zero attached hydrogens (tertiary/aromatic N) is 8. The summed E-state index contributed by atoms with van der Waals surface area (Å²) in [5.74, 6) is -13.4. The van der Waals surface area contributed by atoms with Gasteiger partial charge in [0, 0.05) is 150 Å². The highest BCUT2D eigenvalue weighted by Crippen LogP contribution is 2.47. The highest BCUT2D eigenvalue weighted by molar-refractivity contribution is 6.04. The number of fused-ring (bicyclic) bond motifs is 4. The average molecular weight is 1570 g/mol. The van der Waals surface area contributed by atoms with Crippen molar-refractivity contribution in [3.05, 3.63) is 134 Å². The van der Waals surface area contributed by atoms with Crippen molar-refractivity contribution < 1.29 is 74.7 Å². The third kappa shape index (κ3) is 14.5. The van der Waals surface area contributed by atoms with Gasteiger partial charge in [-0.3, -0.25) is 19.2 Å². The quantitative estimate of drug-likeness (QED) is 0.0404. The summed E-state index contributed by atoms with van der Waals surface area (Å²) in [6, 6.07) is -0.414.